The Hall–Kier alpha value is -2.11. The number of amides is 1. The summed E-state index contributed by atoms with van der Waals surface area (Å²) < 4.78 is 1.78. The van der Waals surface area contributed by atoms with Crippen LogP contribution in [0.5, 0.6) is 0 Å². The van der Waals surface area contributed by atoms with Crippen LogP contribution in [0.2, 0.25) is 0 Å². The highest BCUT2D eigenvalue weighted by molar-refractivity contribution is 5.85. The SMILES string of the molecule is Cc1cc2nc(C(C)C)cc(N[C@H]3CCCNC3=O)n2n1. The van der Waals surface area contributed by atoms with E-state index in [1.54, 1.807) is 4.52 Å². The molecule has 0 saturated carbocycles. The molecule has 1 saturated heterocycles. The number of nitrogens with one attached hydrogen (secondary N) is 2. The van der Waals surface area contributed by atoms with Crippen LogP contribution in [-0.4, -0.2) is 33.1 Å². The van der Waals surface area contributed by atoms with Crippen molar-refractivity contribution >= 4 is 17.4 Å². The molecule has 1 amide bonds. The van der Waals surface area contributed by atoms with E-state index in [9.17, 15) is 4.79 Å². The minimum atomic E-state index is -0.200. The lowest BCUT2D eigenvalue weighted by molar-refractivity contribution is -0.123. The fourth-order valence-corrected chi connectivity index (χ4v) is 2.60. The molecule has 6 heteroatoms. The molecule has 112 valence electrons. The average Bonchev–Trinajstić information content (AvgIpc) is 2.81. The third-order valence-electron chi connectivity index (χ3n) is 3.77. The van der Waals surface area contributed by atoms with Gasteiger partial charge in [-0.3, -0.25) is 4.79 Å². The molecule has 6 nitrogen and oxygen atoms in total. The normalized spacial score (nSPS) is 19.0. The Morgan fingerprint density at radius 3 is 2.95 bits per heavy atom. The molecule has 0 aliphatic carbocycles. The first-order chi connectivity index (χ1) is 10.0. The zero-order valence-electron chi connectivity index (χ0n) is 12.7. The van der Waals surface area contributed by atoms with E-state index in [2.05, 4.69) is 34.6 Å². The van der Waals surface area contributed by atoms with Crippen LogP contribution in [0.25, 0.3) is 5.65 Å². The molecule has 2 N–H and O–H groups in total. The molecular formula is C15H21N5O. The molecule has 0 bridgehead atoms. The summed E-state index contributed by atoms with van der Waals surface area (Å²) >= 11 is 0. The van der Waals surface area contributed by atoms with E-state index in [0.29, 0.717) is 5.92 Å². The van der Waals surface area contributed by atoms with Gasteiger partial charge < -0.3 is 10.6 Å². The molecule has 1 fully saturated rings. The van der Waals surface area contributed by atoms with Crippen molar-refractivity contribution in [2.24, 2.45) is 0 Å². The maximum absolute atomic E-state index is 11.9. The van der Waals surface area contributed by atoms with Gasteiger partial charge in [-0.15, -0.1) is 0 Å². The van der Waals surface area contributed by atoms with Gasteiger partial charge in [0.2, 0.25) is 5.91 Å². The van der Waals surface area contributed by atoms with Crippen molar-refractivity contribution in [3.05, 3.63) is 23.5 Å². The van der Waals surface area contributed by atoms with Gasteiger partial charge in [-0.2, -0.15) is 9.61 Å². The number of nitrogens with zero attached hydrogens (tertiary/aromatic N) is 3. The van der Waals surface area contributed by atoms with Gasteiger partial charge in [0.1, 0.15) is 11.9 Å². The first-order valence-electron chi connectivity index (χ1n) is 7.46. The maximum atomic E-state index is 11.9. The highest BCUT2D eigenvalue weighted by Crippen LogP contribution is 2.21. The molecule has 0 unspecified atom stereocenters. The number of rotatable bonds is 3. The molecule has 0 radical (unpaired) electrons. The van der Waals surface area contributed by atoms with Gasteiger partial charge in [-0.05, 0) is 25.7 Å². The summed E-state index contributed by atoms with van der Waals surface area (Å²) in [5.74, 6) is 1.21. The molecule has 1 aliphatic heterocycles. The van der Waals surface area contributed by atoms with Crippen LogP contribution in [0, 0.1) is 6.92 Å². The van der Waals surface area contributed by atoms with Crippen molar-refractivity contribution < 1.29 is 4.79 Å². The fraction of sp³-hybridized carbons (Fsp3) is 0.533. The first kappa shape index (κ1) is 13.9. The summed E-state index contributed by atoms with van der Waals surface area (Å²) in [4.78, 5) is 16.6. The highest BCUT2D eigenvalue weighted by Gasteiger charge is 2.23. The summed E-state index contributed by atoms with van der Waals surface area (Å²) in [6.07, 6.45) is 1.83. The third kappa shape index (κ3) is 2.70. The smallest absolute Gasteiger partial charge is 0.242 e. The van der Waals surface area contributed by atoms with Crippen molar-refractivity contribution in [2.45, 2.75) is 45.6 Å². The lowest BCUT2D eigenvalue weighted by Crippen LogP contribution is -2.44. The predicted octanol–water partition coefficient (Wildman–Crippen LogP) is 1.85. The Balaban J connectivity index is 2.00. The Labute approximate surface area is 123 Å². The Morgan fingerprint density at radius 2 is 2.24 bits per heavy atom. The minimum Gasteiger partial charge on any atom is -0.358 e. The number of aryl methyl sites for hydroxylation is 1. The number of anilines is 1. The van der Waals surface area contributed by atoms with Gasteiger partial charge in [-0.25, -0.2) is 4.98 Å². The van der Waals surface area contributed by atoms with E-state index in [-0.39, 0.29) is 11.9 Å². The summed E-state index contributed by atoms with van der Waals surface area (Å²) in [5.41, 5.74) is 2.73. The number of aromatic nitrogens is 3. The molecule has 3 rings (SSSR count). The van der Waals surface area contributed by atoms with Gasteiger partial charge in [0.05, 0.1) is 5.69 Å². The number of hydrogen-bond donors (Lipinski definition) is 2. The second kappa shape index (κ2) is 5.35. The van der Waals surface area contributed by atoms with Gasteiger partial charge in [-0.1, -0.05) is 13.8 Å². The van der Waals surface area contributed by atoms with Crippen LogP contribution in [0.1, 0.15) is 44.0 Å². The molecule has 2 aromatic rings. The largest absolute Gasteiger partial charge is 0.358 e. The second-order valence-electron chi connectivity index (χ2n) is 5.91. The van der Waals surface area contributed by atoms with Crippen LogP contribution in [0.3, 0.4) is 0 Å². The van der Waals surface area contributed by atoms with Crippen LogP contribution >= 0.6 is 0 Å². The molecule has 2 aromatic heterocycles. The zero-order chi connectivity index (χ0) is 15.0. The number of carbonyl (C=O) groups excluding carboxylic acids is 1. The van der Waals surface area contributed by atoms with Gasteiger partial charge in [0.15, 0.2) is 5.65 Å². The minimum absolute atomic E-state index is 0.0567. The zero-order valence-corrected chi connectivity index (χ0v) is 12.7. The van der Waals surface area contributed by atoms with Crippen LogP contribution in [0.15, 0.2) is 12.1 Å². The molecule has 21 heavy (non-hydrogen) atoms. The van der Waals surface area contributed by atoms with E-state index in [4.69, 9.17) is 0 Å². The monoisotopic (exact) mass is 287 g/mol. The Morgan fingerprint density at radius 1 is 1.43 bits per heavy atom. The molecule has 0 spiro atoms. The lowest BCUT2D eigenvalue weighted by atomic mass is 10.1. The second-order valence-corrected chi connectivity index (χ2v) is 5.91. The molecule has 3 heterocycles. The van der Waals surface area contributed by atoms with Crippen molar-refractivity contribution in [1.29, 1.82) is 0 Å². The maximum Gasteiger partial charge on any atom is 0.242 e. The van der Waals surface area contributed by atoms with Crippen LogP contribution in [0.4, 0.5) is 5.82 Å². The molecule has 1 atom stereocenters. The standard InChI is InChI=1S/C15H21N5O/c1-9(2)12-8-14(17-11-5-4-6-16-15(11)21)20-13(18-12)7-10(3)19-20/h7-9,11,17H,4-6H2,1-3H3,(H,16,21)/t11-/m0/s1. The van der Waals surface area contributed by atoms with E-state index >= 15 is 0 Å². The summed E-state index contributed by atoms with van der Waals surface area (Å²) in [6, 6.07) is 3.75. The summed E-state index contributed by atoms with van der Waals surface area (Å²) in [7, 11) is 0. The molecule has 0 aromatic carbocycles. The van der Waals surface area contributed by atoms with Gasteiger partial charge in [0.25, 0.3) is 0 Å². The molecular weight excluding hydrogens is 266 g/mol. The third-order valence-corrected chi connectivity index (χ3v) is 3.77. The Kier molecular flexibility index (Phi) is 3.53. The fourth-order valence-electron chi connectivity index (χ4n) is 2.60. The van der Waals surface area contributed by atoms with E-state index in [1.807, 2.05) is 19.1 Å². The van der Waals surface area contributed by atoms with Gasteiger partial charge >= 0.3 is 0 Å². The quantitative estimate of drug-likeness (QED) is 0.904. The number of piperidine rings is 1. The number of carbonyl (C=O) groups is 1. The highest BCUT2D eigenvalue weighted by atomic mass is 16.2. The van der Waals surface area contributed by atoms with Crippen molar-refractivity contribution in [2.75, 3.05) is 11.9 Å². The van der Waals surface area contributed by atoms with Crippen molar-refractivity contribution in [1.82, 2.24) is 19.9 Å². The van der Waals surface area contributed by atoms with E-state index in [0.717, 1.165) is 42.2 Å². The predicted molar refractivity (Wildman–Crippen MR) is 81.5 cm³/mol. The van der Waals surface area contributed by atoms with Gasteiger partial charge in [0, 0.05) is 24.4 Å². The van der Waals surface area contributed by atoms with E-state index in [1.165, 1.54) is 0 Å². The number of hydrogen-bond acceptors (Lipinski definition) is 4. The van der Waals surface area contributed by atoms with Crippen LogP contribution in [-0.2, 0) is 4.79 Å². The van der Waals surface area contributed by atoms with E-state index < -0.39 is 0 Å². The summed E-state index contributed by atoms with van der Waals surface area (Å²) in [6.45, 7) is 6.93. The van der Waals surface area contributed by atoms with Crippen LogP contribution < -0.4 is 10.6 Å². The first-order valence-corrected chi connectivity index (χ1v) is 7.46. The molecule has 1 aliphatic rings. The average molecular weight is 287 g/mol. The number of fused-ring (bicyclic) bond motifs is 1. The Bertz CT molecular complexity index is 676. The summed E-state index contributed by atoms with van der Waals surface area (Å²) in [5, 5.41) is 10.7. The topological polar surface area (TPSA) is 71.3 Å². The van der Waals surface area contributed by atoms with Crippen molar-refractivity contribution in [3.63, 3.8) is 0 Å². The van der Waals surface area contributed by atoms with Crippen molar-refractivity contribution in [3.8, 4) is 0 Å². The lowest BCUT2D eigenvalue weighted by Gasteiger charge is -2.24.